The fourth-order valence-electron chi connectivity index (χ4n) is 2.71. The number of benzene rings is 1. The molecule has 4 nitrogen and oxygen atoms in total. The Hall–Kier alpha value is -1.85. The van der Waals surface area contributed by atoms with Gasteiger partial charge in [-0.15, -0.1) is 0 Å². The van der Waals surface area contributed by atoms with Crippen LogP contribution < -0.4 is 0 Å². The Labute approximate surface area is 116 Å². The number of halogens is 1. The first-order valence-electron chi connectivity index (χ1n) is 6.66. The molecule has 1 aromatic heterocycles. The summed E-state index contributed by atoms with van der Waals surface area (Å²) in [5.41, 5.74) is 0.887. The maximum atomic E-state index is 13.4. The van der Waals surface area contributed by atoms with Crippen LogP contribution in [0, 0.1) is 5.82 Å². The van der Waals surface area contributed by atoms with E-state index in [-0.39, 0.29) is 11.9 Å². The Morgan fingerprint density at radius 1 is 1.25 bits per heavy atom. The lowest BCUT2D eigenvalue weighted by Gasteiger charge is -2.23. The van der Waals surface area contributed by atoms with Gasteiger partial charge < -0.3 is 5.11 Å². The van der Waals surface area contributed by atoms with Crippen LogP contribution in [0.15, 0.2) is 42.7 Å². The molecule has 0 spiro atoms. The van der Waals surface area contributed by atoms with Crippen LogP contribution in [-0.2, 0) is 6.54 Å². The Morgan fingerprint density at radius 3 is 2.80 bits per heavy atom. The number of aliphatic hydroxyl groups excluding tert-OH is 1. The van der Waals surface area contributed by atoms with E-state index in [1.54, 1.807) is 24.5 Å². The van der Waals surface area contributed by atoms with Crippen molar-refractivity contribution in [2.75, 3.05) is 6.54 Å². The predicted molar refractivity (Wildman–Crippen MR) is 72.2 cm³/mol. The lowest BCUT2D eigenvalue weighted by molar-refractivity contribution is 0.171. The summed E-state index contributed by atoms with van der Waals surface area (Å²) in [6.45, 7) is 1.11. The van der Waals surface area contributed by atoms with Crippen molar-refractivity contribution in [2.45, 2.75) is 25.1 Å². The molecular formula is C15H16FN3O. The van der Waals surface area contributed by atoms with Crippen molar-refractivity contribution in [3.8, 4) is 0 Å². The van der Waals surface area contributed by atoms with Gasteiger partial charge in [-0.3, -0.25) is 4.90 Å². The predicted octanol–water partition coefficient (Wildman–Crippen LogP) is 1.92. The van der Waals surface area contributed by atoms with Crippen molar-refractivity contribution in [1.82, 2.24) is 14.9 Å². The molecule has 1 N–H and O–H groups in total. The molecule has 0 bridgehead atoms. The number of rotatable bonds is 3. The van der Waals surface area contributed by atoms with Gasteiger partial charge >= 0.3 is 0 Å². The van der Waals surface area contributed by atoms with Gasteiger partial charge in [0.2, 0.25) is 0 Å². The van der Waals surface area contributed by atoms with Crippen LogP contribution in [0.3, 0.4) is 0 Å². The third-order valence-electron chi connectivity index (χ3n) is 3.58. The number of β-amino-alcohol motifs (C(OH)–C–C–N with tert-alkyl or cyclic N) is 1. The molecule has 0 amide bonds. The molecular weight excluding hydrogens is 257 g/mol. The van der Waals surface area contributed by atoms with E-state index in [1.807, 2.05) is 6.07 Å². The average molecular weight is 273 g/mol. The number of likely N-dealkylation sites (tertiary alicyclic amines) is 1. The van der Waals surface area contributed by atoms with E-state index in [2.05, 4.69) is 14.9 Å². The van der Waals surface area contributed by atoms with Crippen molar-refractivity contribution in [1.29, 1.82) is 0 Å². The normalized spacial score (nSPS) is 23.1. The Kier molecular flexibility index (Phi) is 3.71. The quantitative estimate of drug-likeness (QED) is 0.928. The SMILES string of the molecule is O[C@@H]1C[C@@H](c2cccc(F)c2)N(Cc2ncccn2)C1. The third kappa shape index (κ3) is 2.84. The van der Waals surface area contributed by atoms with Crippen LogP contribution in [0.4, 0.5) is 4.39 Å². The summed E-state index contributed by atoms with van der Waals surface area (Å²) in [5.74, 6) is 0.461. The van der Waals surface area contributed by atoms with Gasteiger partial charge in [-0.25, -0.2) is 14.4 Å². The zero-order valence-electron chi connectivity index (χ0n) is 11.0. The highest BCUT2D eigenvalue weighted by Gasteiger charge is 2.32. The molecule has 0 radical (unpaired) electrons. The fourth-order valence-corrected chi connectivity index (χ4v) is 2.71. The third-order valence-corrected chi connectivity index (χ3v) is 3.58. The van der Waals surface area contributed by atoms with Crippen molar-refractivity contribution in [3.63, 3.8) is 0 Å². The van der Waals surface area contributed by atoms with E-state index < -0.39 is 6.10 Å². The largest absolute Gasteiger partial charge is 0.392 e. The molecule has 0 aliphatic carbocycles. The van der Waals surface area contributed by atoms with Crippen molar-refractivity contribution >= 4 is 0 Å². The maximum Gasteiger partial charge on any atom is 0.142 e. The van der Waals surface area contributed by atoms with Crippen LogP contribution in [0.5, 0.6) is 0 Å². The molecule has 104 valence electrons. The summed E-state index contributed by atoms with van der Waals surface area (Å²) in [6, 6.07) is 8.33. The number of nitrogens with zero attached hydrogens (tertiary/aromatic N) is 3. The monoisotopic (exact) mass is 273 g/mol. The van der Waals surface area contributed by atoms with E-state index in [1.165, 1.54) is 12.1 Å². The Balaban J connectivity index is 1.82. The first kappa shape index (κ1) is 13.1. The molecule has 1 saturated heterocycles. The molecule has 3 rings (SSSR count). The van der Waals surface area contributed by atoms with Crippen LogP contribution in [0.25, 0.3) is 0 Å². The number of aromatic nitrogens is 2. The van der Waals surface area contributed by atoms with Crippen molar-refractivity contribution in [2.24, 2.45) is 0 Å². The summed E-state index contributed by atoms with van der Waals surface area (Å²) < 4.78 is 13.4. The van der Waals surface area contributed by atoms with Gasteiger partial charge in [-0.05, 0) is 30.2 Å². The van der Waals surface area contributed by atoms with Crippen molar-refractivity contribution in [3.05, 3.63) is 59.9 Å². The van der Waals surface area contributed by atoms with Crippen LogP contribution in [0.2, 0.25) is 0 Å². The summed E-state index contributed by atoms with van der Waals surface area (Å²) in [5, 5.41) is 9.90. The summed E-state index contributed by atoms with van der Waals surface area (Å²) in [4.78, 5) is 10.5. The highest BCUT2D eigenvalue weighted by Crippen LogP contribution is 2.33. The topological polar surface area (TPSA) is 49.2 Å². The number of hydrogen-bond acceptors (Lipinski definition) is 4. The average Bonchev–Trinajstić information content (AvgIpc) is 2.81. The van der Waals surface area contributed by atoms with E-state index >= 15 is 0 Å². The second kappa shape index (κ2) is 5.64. The maximum absolute atomic E-state index is 13.4. The standard InChI is InChI=1S/C15H16FN3O/c16-12-4-1-3-11(7-12)14-8-13(20)9-19(14)10-15-17-5-2-6-18-15/h1-7,13-14,20H,8-10H2/t13-,14+/m1/s1. The van der Waals surface area contributed by atoms with E-state index in [0.29, 0.717) is 25.3 Å². The second-order valence-electron chi connectivity index (χ2n) is 5.05. The molecule has 2 heterocycles. The van der Waals surface area contributed by atoms with E-state index in [9.17, 15) is 9.50 Å². The molecule has 0 saturated carbocycles. The molecule has 2 aromatic rings. The minimum atomic E-state index is -0.396. The molecule has 1 aliphatic rings. The summed E-state index contributed by atoms with van der Waals surface area (Å²) in [6.07, 6.45) is 3.61. The van der Waals surface area contributed by atoms with Crippen LogP contribution in [0.1, 0.15) is 23.9 Å². The lowest BCUT2D eigenvalue weighted by atomic mass is 10.0. The minimum Gasteiger partial charge on any atom is -0.392 e. The smallest absolute Gasteiger partial charge is 0.142 e. The zero-order valence-corrected chi connectivity index (χ0v) is 11.0. The summed E-state index contributed by atoms with van der Waals surface area (Å²) >= 11 is 0. The Morgan fingerprint density at radius 2 is 2.05 bits per heavy atom. The first-order chi connectivity index (χ1) is 9.72. The minimum absolute atomic E-state index is 0.00417. The van der Waals surface area contributed by atoms with Crippen LogP contribution >= 0.6 is 0 Å². The zero-order chi connectivity index (χ0) is 13.9. The lowest BCUT2D eigenvalue weighted by Crippen LogP contribution is -2.25. The van der Waals surface area contributed by atoms with Crippen LogP contribution in [-0.4, -0.2) is 32.6 Å². The first-order valence-corrected chi connectivity index (χ1v) is 6.66. The summed E-state index contributed by atoms with van der Waals surface area (Å²) in [7, 11) is 0. The van der Waals surface area contributed by atoms with Gasteiger partial charge in [-0.1, -0.05) is 12.1 Å². The molecule has 1 fully saturated rings. The van der Waals surface area contributed by atoms with E-state index in [0.717, 1.165) is 5.56 Å². The van der Waals surface area contributed by atoms with Gasteiger partial charge in [0.1, 0.15) is 11.6 Å². The molecule has 5 heteroatoms. The van der Waals surface area contributed by atoms with Gasteiger partial charge in [0.25, 0.3) is 0 Å². The van der Waals surface area contributed by atoms with Gasteiger partial charge in [0, 0.05) is 25.0 Å². The Bertz CT molecular complexity index is 578. The molecule has 20 heavy (non-hydrogen) atoms. The fraction of sp³-hybridized carbons (Fsp3) is 0.333. The van der Waals surface area contributed by atoms with Gasteiger partial charge in [-0.2, -0.15) is 0 Å². The van der Waals surface area contributed by atoms with Crippen molar-refractivity contribution < 1.29 is 9.50 Å². The molecule has 0 unspecified atom stereocenters. The number of aliphatic hydroxyl groups is 1. The molecule has 1 aliphatic heterocycles. The van der Waals surface area contributed by atoms with Gasteiger partial charge in [0.05, 0.1) is 12.6 Å². The number of hydrogen-bond donors (Lipinski definition) is 1. The van der Waals surface area contributed by atoms with E-state index in [4.69, 9.17) is 0 Å². The molecule has 2 atom stereocenters. The highest BCUT2D eigenvalue weighted by molar-refractivity contribution is 5.22. The highest BCUT2D eigenvalue weighted by atomic mass is 19.1. The molecule has 1 aromatic carbocycles. The van der Waals surface area contributed by atoms with Gasteiger partial charge in [0.15, 0.2) is 0 Å². The second-order valence-corrected chi connectivity index (χ2v) is 5.05.